The van der Waals surface area contributed by atoms with Crippen molar-refractivity contribution in [2.24, 2.45) is 0 Å². The zero-order valence-electron chi connectivity index (χ0n) is 14.2. The molecule has 0 bridgehead atoms. The number of hydrogen-bond donors (Lipinski definition) is 1. The zero-order valence-corrected chi connectivity index (χ0v) is 15.0. The van der Waals surface area contributed by atoms with Crippen LogP contribution in [-0.4, -0.2) is 38.6 Å². The second-order valence-corrected chi connectivity index (χ2v) is 6.55. The first-order valence-electron chi connectivity index (χ1n) is 8.70. The van der Waals surface area contributed by atoms with Crippen LogP contribution in [0, 0.1) is 0 Å². The summed E-state index contributed by atoms with van der Waals surface area (Å²) in [5.74, 6) is 0.965. The first-order chi connectivity index (χ1) is 12.2. The van der Waals surface area contributed by atoms with Crippen LogP contribution in [0.3, 0.4) is 0 Å². The van der Waals surface area contributed by atoms with Crippen LogP contribution < -0.4 is 15.0 Å². The highest BCUT2D eigenvalue weighted by Crippen LogP contribution is 2.20. The molecule has 1 saturated heterocycles. The molecule has 1 fully saturated rings. The Balaban J connectivity index is 1.41. The number of nitrogens with one attached hydrogen (secondary N) is 1. The number of halogens is 1. The second kappa shape index (κ2) is 8.88. The summed E-state index contributed by atoms with van der Waals surface area (Å²) in [5, 5.41) is 4.00. The SMILES string of the molecule is O=C(CCCOc1ccc(N2CCNCC2)cc1)c1ccc(Cl)cc1. The molecular formula is C20H23ClN2O2. The number of Topliss-reactive ketones (excluding diaryl/α,β-unsaturated/α-hetero) is 1. The third-order valence-corrected chi connectivity index (χ3v) is 4.55. The van der Waals surface area contributed by atoms with Gasteiger partial charge in [-0.15, -0.1) is 0 Å². The fraction of sp³-hybridized carbons (Fsp3) is 0.350. The molecule has 1 N–H and O–H groups in total. The number of ketones is 1. The van der Waals surface area contributed by atoms with E-state index in [1.54, 1.807) is 24.3 Å². The molecule has 1 aliphatic rings. The quantitative estimate of drug-likeness (QED) is 0.604. The predicted molar refractivity (Wildman–Crippen MR) is 102 cm³/mol. The molecule has 0 atom stereocenters. The van der Waals surface area contributed by atoms with Gasteiger partial charge in [0.15, 0.2) is 5.78 Å². The van der Waals surface area contributed by atoms with Gasteiger partial charge >= 0.3 is 0 Å². The molecule has 0 spiro atoms. The minimum absolute atomic E-state index is 0.120. The molecule has 0 aliphatic carbocycles. The van der Waals surface area contributed by atoms with E-state index in [4.69, 9.17) is 16.3 Å². The normalized spacial score (nSPS) is 14.4. The maximum Gasteiger partial charge on any atom is 0.163 e. The van der Waals surface area contributed by atoms with Crippen molar-refractivity contribution in [3.63, 3.8) is 0 Å². The lowest BCUT2D eigenvalue weighted by molar-refractivity contribution is 0.0973. The van der Waals surface area contributed by atoms with Crippen LogP contribution in [0.1, 0.15) is 23.2 Å². The molecule has 132 valence electrons. The molecule has 0 radical (unpaired) electrons. The van der Waals surface area contributed by atoms with Crippen LogP contribution in [0.2, 0.25) is 5.02 Å². The molecule has 2 aromatic rings. The molecule has 1 heterocycles. The first-order valence-corrected chi connectivity index (χ1v) is 9.07. The molecular weight excluding hydrogens is 336 g/mol. The lowest BCUT2D eigenvalue weighted by Crippen LogP contribution is -2.43. The van der Waals surface area contributed by atoms with E-state index in [1.807, 2.05) is 12.1 Å². The molecule has 3 rings (SSSR count). The van der Waals surface area contributed by atoms with E-state index in [2.05, 4.69) is 22.3 Å². The summed E-state index contributed by atoms with van der Waals surface area (Å²) < 4.78 is 5.75. The van der Waals surface area contributed by atoms with E-state index < -0.39 is 0 Å². The van der Waals surface area contributed by atoms with Crippen molar-refractivity contribution in [3.8, 4) is 5.75 Å². The van der Waals surface area contributed by atoms with Crippen molar-refractivity contribution < 1.29 is 9.53 Å². The Bertz CT molecular complexity index is 680. The van der Waals surface area contributed by atoms with Gasteiger partial charge in [0.1, 0.15) is 5.75 Å². The average molecular weight is 359 g/mol. The zero-order chi connectivity index (χ0) is 17.5. The minimum Gasteiger partial charge on any atom is -0.494 e. The number of carbonyl (C=O) groups excluding carboxylic acids is 1. The lowest BCUT2D eigenvalue weighted by atomic mass is 10.1. The standard InChI is InChI=1S/C20H23ClN2O2/c21-17-5-3-16(4-6-17)20(24)2-1-15-25-19-9-7-18(8-10-19)23-13-11-22-12-14-23/h3-10,22H,1-2,11-15H2. The third kappa shape index (κ3) is 5.21. The summed E-state index contributed by atoms with van der Waals surface area (Å²) in [5.41, 5.74) is 1.93. The Morgan fingerprint density at radius 3 is 2.40 bits per heavy atom. The van der Waals surface area contributed by atoms with E-state index in [-0.39, 0.29) is 5.78 Å². The molecule has 5 heteroatoms. The van der Waals surface area contributed by atoms with E-state index in [9.17, 15) is 4.79 Å². The molecule has 0 amide bonds. The van der Waals surface area contributed by atoms with Gasteiger partial charge in [0.05, 0.1) is 6.61 Å². The summed E-state index contributed by atoms with van der Waals surface area (Å²) in [6.07, 6.45) is 1.17. The third-order valence-electron chi connectivity index (χ3n) is 4.30. The Hall–Kier alpha value is -2.04. The largest absolute Gasteiger partial charge is 0.494 e. The van der Waals surface area contributed by atoms with E-state index in [1.165, 1.54) is 5.69 Å². The van der Waals surface area contributed by atoms with Crippen molar-refractivity contribution in [1.82, 2.24) is 5.32 Å². The average Bonchev–Trinajstić information content (AvgIpc) is 2.67. The van der Waals surface area contributed by atoms with Crippen LogP contribution in [0.5, 0.6) is 5.75 Å². The maximum absolute atomic E-state index is 12.1. The van der Waals surface area contributed by atoms with Gasteiger partial charge in [0.25, 0.3) is 0 Å². The molecule has 0 saturated carbocycles. The van der Waals surface area contributed by atoms with Gasteiger partial charge in [-0.25, -0.2) is 0 Å². The Morgan fingerprint density at radius 2 is 1.72 bits per heavy atom. The van der Waals surface area contributed by atoms with Crippen molar-refractivity contribution >= 4 is 23.1 Å². The molecule has 0 unspecified atom stereocenters. The number of hydrogen-bond acceptors (Lipinski definition) is 4. The topological polar surface area (TPSA) is 41.6 Å². The van der Waals surface area contributed by atoms with Crippen molar-refractivity contribution in [1.29, 1.82) is 0 Å². The van der Waals surface area contributed by atoms with Crippen molar-refractivity contribution in [3.05, 3.63) is 59.1 Å². The lowest BCUT2D eigenvalue weighted by Gasteiger charge is -2.29. The van der Waals surface area contributed by atoms with Crippen LogP contribution in [-0.2, 0) is 0 Å². The highest BCUT2D eigenvalue weighted by Gasteiger charge is 2.10. The minimum atomic E-state index is 0.120. The fourth-order valence-electron chi connectivity index (χ4n) is 2.88. The number of rotatable bonds is 7. The van der Waals surface area contributed by atoms with Gasteiger partial charge in [-0.1, -0.05) is 11.6 Å². The van der Waals surface area contributed by atoms with E-state index in [0.717, 1.165) is 31.9 Å². The summed E-state index contributed by atoms with van der Waals surface area (Å²) in [6.45, 7) is 4.66. The van der Waals surface area contributed by atoms with Crippen molar-refractivity contribution in [2.75, 3.05) is 37.7 Å². The fourth-order valence-corrected chi connectivity index (χ4v) is 3.01. The maximum atomic E-state index is 12.1. The van der Waals surface area contributed by atoms with Gasteiger partial charge in [-0.05, 0) is 55.0 Å². The van der Waals surface area contributed by atoms with Gasteiger partial charge in [-0.2, -0.15) is 0 Å². The van der Waals surface area contributed by atoms with Crippen LogP contribution >= 0.6 is 11.6 Å². The first kappa shape index (κ1) is 17.8. The highest BCUT2D eigenvalue weighted by molar-refractivity contribution is 6.30. The number of nitrogens with zero attached hydrogens (tertiary/aromatic N) is 1. The van der Waals surface area contributed by atoms with Crippen LogP contribution in [0.15, 0.2) is 48.5 Å². The summed E-state index contributed by atoms with van der Waals surface area (Å²) in [6, 6.07) is 15.2. The van der Waals surface area contributed by atoms with E-state index in [0.29, 0.717) is 30.0 Å². The summed E-state index contributed by atoms with van der Waals surface area (Å²) >= 11 is 5.83. The Kier molecular flexibility index (Phi) is 6.31. The number of benzene rings is 2. The summed E-state index contributed by atoms with van der Waals surface area (Å²) in [7, 11) is 0. The number of anilines is 1. The Labute approximate surface area is 153 Å². The highest BCUT2D eigenvalue weighted by atomic mass is 35.5. The number of piperazine rings is 1. The smallest absolute Gasteiger partial charge is 0.163 e. The molecule has 0 aromatic heterocycles. The monoisotopic (exact) mass is 358 g/mol. The summed E-state index contributed by atoms with van der Waals surface area (Å²) in [4.78, 5) is 14.4. The van der Waals surface area contributed by atoms with Gasteiger partial charge in [0, 0.05) is 48.9 Å². The van der Waals surface area contributed by atoms with Crippen LogP contribution in [0.4, 0.5) is 5.69 Å². The molecule has 25 heavy (non-hydrogen) atoms. The number of carbonyl (C=O) groups is 1. The van der Waals surface area contributed by atoms with Crippen molar-refractivity contribution in [2.45, 2.75) is 12.8 Å². The molecule has 1 aliphatic heterocycles. The predicted octanol–water partition coefficient (Wildman–Crippen LogP) is 3.79. The molecule has 4 nitrogen and oxygen atoms in total. The van der Waals surface area contributed by atoms with Gasteiger partial charge in [-0.3, -0.25) is 4.79 Å². The van der Waals surface area contributed by atoms with Gasteiger partial charge in [0.2, 0.25) is 0 Å². The molecule has 2 aromatic carbocycles. The van der Waals surface area contributed by atoms with Crippen LogP contribution in [0.25, 0.3) is 0 Å². The second-order valence-electron chi connectivity index (χ2n) is 6.11. The van der Waals surface area contributed by atoms with Gasteiger partial charge < -0.3 is 15.0 Å². The number of ether oxygens (including phenoxy) is 1. The Morgan fingerprint density at radius 1 is 1.04 bits per heavy atom. The van der Waals surface area contributed by atoms with E-state index >= 15 is 0 Å².